The summed E-state index contributed by atoms with van der Waals surface area (Å²) < 4.78 is 8.01. The van der Waals surface area contributed by atoms with Crippen molar-refractivity contribution < 1.29 is 4.74 Å². The molecule has 0 radical (unpaired) electrons. The lowest BCUT2D eigenvalue weighted by Gasteiger charge is -2.25. The van der Waals surface area contributed by atoms with E-state index in [-0.39, 0.29) is 0 Å². The van der Waals surface area contributed by atoms with Gasteiger partial charge >= 0.3 is 0 Å². The van der Waals surface area contributed by atoms with Gasteiger partial charge in [-0.1, -0.05) is 6.07 Å². The van der Waals surface area contributed by atoms with Crippen molar-refractivity contribution >= 4 is 0 Å². The third-order valence-electron chi connectivity index (χ3n) is 4.30. The smallest absolute Gasteiger partial charge is 0.119 e. The van der Waals surface area contributed by atoms with Crippen molar-refractivity contribution in [1.29, 1.82) is 0 Å². The topological polar surface area (TPSA) is 39.1 Å². The first-order chi connectivity index (χ1) is 10.3. The van der Waals surface area contributed by atoms with Crippen molar-refractivity contribution in [2.75, 3.05) is 13.7 Å². The van der Waals surface area contributed by atoms with E-state index in [9.17, 15) is 0 Å². The van der Waals surface area contributed by atoms with E-state index in [4.69, 9.17) is 4.74 Å². The fourth-order valence-electron chi connectivity index (χ4n) is 3.08. The molecular formula is C17H23N3O. The van der Waals surface area contributed by atoms with Gasteiger partial charge in [-0.3, -0.25) is 0 Å². The summed E-state index contributed by atoms with van der Waals surface area (Å²) in [5, 5.41) is 3.40. The summed E-state index contributed by atoms with van der Waals surface area (Å²) in [5.74, 6) is 2.00. The summed E-state index contributed by atoms with van der Waals surface area (Å²) in [6.45, 7) is 3.52. The van der Waals surface area contributed by atoms with Crippen molar-refractivity contribution in [2.24, 2.45) is 0 Å². The first kappa shape index (κ1) is 14.1. The molecule has 1 unspecified atom stereocenters. The first-order valence-corrected chi connectivity index (χ1v) is 7.68. The highest BCUT2D eigenvalue weighted by atomic mass is 16.5. The Kier molecular flexibility index (Phi) is 4.25. The third-order valence-corrected chi connectivity index (χ3v) is 4.30. The van der Waals surface area contributed by atoms with Crippen LogP contribution in [0, 0.1) is 6.92 Å². The Morgan fingerprint density at radius 1 is 1.43 bits per heavy atom. The lowest BCUT2D eigenvalue weighted by molar-refractivity contribution is 0.296. The van der Waals surface area contributed by atoms with Crippen LogP contribution in [0.3, 0.4) is 0 Å². The summed E-state index contributed by atoms with van der Waals surface area (Å²) in [7, 11) is 2.04. The van der Waals surface area contributed by atoms with Crippen LogP contribution in [0.4, 0.5) is 0 Å². The highest BCUT2D eigenvalue weighted by Gasteiger charge is 2.18. The van der Waals surface area contributed by atoms with Crippen LogP contribution in [0.1, 0.15) is 35.8 Å². The van der Waals surface area contributed by atoms with Crippen LogP contribution in [-0.4, -0.2) is 23.2 Å². The Labute approximate surface area is 126 Å². The van der Waals surface area contributed by atoms with Crippen LogP contribution in [0.2, 0.25) is 0 Å². The Hall–Kier alpha value is -1.81. The van der Waals surface area contributed by atoms with E-state index in [1.165, 1.54) is 24.0 Å². The monoisotopic (exact) mass is 285 g/mol. The van der Waals surface area contributed by atoms with E-state index in [1.54, 1.807) is 0 Å². The zero-order valence-electron chi connectivity index (χ0n) is 12.8. The molecule has 112 valence electrons. The molecule has 1 heterocycles. The van der Waals surface area contributed by atoms with Crippen LogP contribution >= 0.6 is 0 Å². The Morgan fingerprint density at radius 2 is 2.33 bits per heavy atom. The summed E-state index contributed by atoms with van der Waals surface area (Å²) in [4.78, 5) is 4.22. The predicted octanol–water partition coefficient (Wildman–Crippen LogP) is 2.87. The van der Waals surface area contributed by atoms with E-state index in [1.807, 2.05) is 26.4 Å². The van der Waals surface area contributed by atoms with Gasteiger partial charge in [0.15, 0.2) is 0 Å². The number of hydrogen-bond donors (Lipinski definition) is 1. The molecule has 0 aliphatic heterocycles. The number of nitrogens with one attached hydrogen (secondary N) is 1. The molecule has 1 N–H and O–H groups in total. The van der Waals surface area contributed by atoms with E-state index >= 15 is 0 Å². The maximum atomic E-state index is 5.90. The van der Waals surface area contributed by atoms with Crippen molar-refractivity contribution in [3.63, 3.8) is 0 Å². The number of aryl methyl sites for hydroxylation is 2. The SMILES string of the molecule is CNC1CCCc2cc(OCCn3ccnc3C)ccc21. The molecule has 21 heavy (non-hydrogen) atoms. The molecule has 0 amide bonds. The second-order valence-electron chi connectivity index (χ2n) is 5.61. The Bertz CT molecular complexity index is 606. The molecule has 4 nitrogen and oxygen atoms in total. The van der Waals surface area contributed by atoms with Crippen molar-refractivity contribution in [2.45, 2.75) is 38.8 Å². The second-order valence-corrected chi connectivity index (χ2v) is 5.61. The predicted molar refractivity (Wildman–Crippen MR) is 83.6 cm³/mol. The molecule has 2 aromatic rings. The fraction of sp³-hybridized carbons (Fsp3) is 0.471. The minimum atomic E-state index is 0.497. The quantitative estimate of drug-likeness (QED) is 0.918. The van der Waals surface area contributed by atoms with E-state index < -0.39 is 0 Å². The van der Waals surface area contributed by atoms with Crippen molar-refractivity contribution in [3.05, 3.63) is 47.5 Å². The highest BCUT2D eigenvalue weighted by Crippen LogP contribution is 2.31. The molecule has 1 aromatic heterocycles. The van der Waals surface area contributed by atoms with Gasteiger partial charge < -0.3 is 14.6 Å². The van der Waals surface area contributed by atoms with Gasteiger partial charge in [-0.25, -0.2) is 4.98 Å². The number of rotatable bonds is 5. The fourth-order valence-corrected chi connectivity index (χ4v) is 3.08. The number of fused-ring (bicyclic) bond motifs is 1. The highest BCUT2D eigenvalue weighted by molar-refractivity contribution is 5.39. The molecule has 0 bridgehead atoms. The lowest BCUT2D eigenvalue weighted by Crippen LogP contribution is -2.21. The lowest BCUT2D eigenvalue weighted by atomic mass is 9.87. The van der Waals surface area contributed by atoms with Crippen LogP contribution in [-0.2, 0) is 13.0 Å². The Morgan fingerprint density at radius 3 is 3.10 bits per heavy atom. The number of imidazole rings is 1. The summed E-state index contributed by atoms with van der Waals surface area (Å²) in [6.07, 6.45) is 7.44. The second kappa shape index (κ2) is 6.31. The Balaban J connectivity index is 1.63. The summed E-state index contributed by atoms with van der Waals surface area (Å²) in [6, 6.07) is 7.01. The standard InChI is InChI=1S/C17H23N3O/c1-13-19-8-9-20(13)10-11-21-15-6-7-16-14(12-15)4-3-5-17(16)18-2/h6-9,12,17-18H,3-5,10-11H2,1-2H3. The van der Waals surface area contributed by atoms with Gasteiger partial charge in [0, 0.05) is 18.4 Å². The average Bonchev–Trinajstić information content (AvgIpc) is 2.92. The normalized spacial score (nSPS) is 17.5. The van der Waals surface area contributed by atoms with Gasteiger partial charge in [-0.05, 0) is 56.5 Å². The zero-order chi connectivity index (χ0) is 14.7. The van der Waals surface area contributed by atoms with Crippen LogP contribution in [0.25, 0.3) is 0 Å². The van der Waals surface area contributed by atoms with Gasteiger partial charge in [0.2, 0.25) is 0 Å². The molecule has 1 aliphatic rings. The maximum Gasteiger partial charge on any atom is 0.119 e. The number of ether oxygens (including phenoxy) is 1. The van der Waals surface area contributed by atoms with Crippen LogP contribution in [0.15, 0.2) is 30.6 Å². The van der Waals surface area contributed by atoms with Crippen LogP contribution in [0.5, 0.6) is 5.75 Å². The zero-order valence-corrected chi connectivity index (χ0v) is 12.8. The number of benzene rings is 1. The van der Waals surface area contributed by atoms with Crippen molar-refractivity contribution in [1.82, 2.24) is 14.9 Å². The molecular weight excluding hydrogens is 262 g/mol. The number of aromatic nitrogens is 2. The molecule has 0 saturated carbocycles. The molecule has 0 saturated heterocycles. The maximum absolute atomic E-state index is 5.90. The molecule has 4 heteroatoms. The third kappa shape index (κ3) is 3.10. The average molecular weight is 285 g/mol. The van der Waals surface area contributed by atoms with E-state index in [0.717, 1.165) is 24.5 Å². The first-order valence-electron chi connectivity index (χ1n) is 7.68. The van der Waals surface area contributed by atoms with Gasteiger partial charge in [0.1, 0.15) is 18.2 Å². The summed E-state index contributed by atoms with van der Waals surface area (Å²) >= 11 is 0. The minimum Gasteiger partial charge on any atom is -0.492 e. The van der Waals surface area contributed by atoms with E-state index in [2.05, 4.69) is 33.1 Å². The molecule has 0 fully saturated rings. The molecule has 3 rings (SSSR count). The van der Waals surface area contributed by atoms with Gasteiger partial charge in [-0.15, -0.1) is 0 Å². The molecule has 0 spiro atoms. The summed E-state index contributed by atoms with van der Waals surface area (Å²) in [5.41, 5.74) is 2.86. The van der Waals surface area contributed by atoms with E-state index in [0.29, 0.717) is 12.6 Å². The molecule has 1 aromatic carbocycles. The number of hydrogen-bond acceptors (Lipinski definition) is 3. The number of nitrogens with zero attached hydrogens (tertiary/aromatic N) is 2. The van der Waals surface area contributed by atoms with Gasteiger partial charge in [-0.2, -0.15) is 0 Å². The van der Waals surface area contributed by atoms with Crippen molar-refractivity contribution in [3.8, 4) is 5.75 Å². The molecule has 1 aliphatic carbocycles. The minimum absolute atomic E-state index is 0.497. The van der Waals surface area contributed by atoms with Gasteiger partial charge in [0.05, 0.1) is 6.54 Å². The van der Waals surface area contributed by atoms with Crippen LogP contribution < -0.4 is 10.1 Å². The van der Waals surface area contributed by atoms with Gasteiger partial charge in [0.25, 0.3) is 0 Å². The molecule has 1 atom stereocenters. The largest absolute Gasteiger partial charge is 0.492 e.